The van der Waals surface area contributed by atoms with Crippen LogP contribution in [0, 0.1) is 0 Å². The van der Waals surface area contributed by atoms with E-state index in [-0.39, 0.29) is 11.5 Å². The standard InChI is InChI=1S/C16H22O5/c1-4-5-6-7-11-19-14-9-8-10-15(20-12(2)17)16(14)21-13(3)18/h8-10H,4-7,11H2,1-3H3. The highest BCUT2D eigenvalue weighted by Gasteiger charge is 2.16. The molecule has 0 heterocycles. The van der Waals surface area contributed by atoms with Gasteiger partial charge in [-0.25, -0.2) is 0 Å². The van der Waals surface area contributed by atoms with Crippen molar-refractivity contribution in [2.24, 2.45) is 0 Å². The minimum Gasteiger partial charge on any atom is -0.490 e. The molecule has 0 amide bonds. The van der Waals surface area contributed by atoms with Crippen LogP contribution in [0.25, 0.3) is 0 Å². The fourth-order valence-electron chi connectivity index (χ4n) is 1.80. The molecule has 0 aliphatic rings. The van der Waals surface area contributed by atoms with Gasteiger partial charge in [0.15, 0.2) is 11.5 Å². The Hall–Kier alpha value is -2.04. The number of hydrogen-bond acceptors (Lipinski definition) is 5. The molecule has 0 saturated heterocycles. The molecule has 1 aromatic rings. The lowest BCUT2D eigenvalue weighted by molar-refractivity contribution is -0.134. The number of para-hydroxylation sites is 1. The molecule has 0 atom stereocenters. The smallest absolute Gasteiger partial charge is 0.308 e. The molecule has 0 aromatic heterocycles. The van der Waals surface area contributed by atoms with E-state index in [1.54, 1.807) is 18.2 Å². The van der Waals surface area contributed by atoms with Gasteiger partial charge in [-0.05, 0) is 18.6 Å². The molecule has 0 fully saturated rings. The maximum Gasteiger partial charge on any atom is 0.308 e. The molecule has 0 radical (unpaired) electrons. The predicted octanol–water partition coefficient (Wildman–Crippen LogP) is 3.50. The summed E-state index contributed by atoms with van der Waals surface area (Å²) < 4.78 is 15.8. The molecule has 0 aliphatic carbocycles. The number of benzene rings is 1. The SMILES string of the molecule is CCCCCCOc1cccc(OC(C)=O)c1OC(C)=O. The Balaban J connectivity index is 2.80. The Bertz CT molecular complexity index is 482. The minimum atomic E-state index is -0.495. The van der Waals surface area contributed by atoms with Crippen molar-refractivity contribution < 1.29 is 23.8 Å². The van der Waals surface area contributed by atoms with E-state index in [0.717, 1.165) is 25.7 Å². The highest BCUT2D eigenvalue weighted by molar-refractivity contribution is 5.75. The van der Waals surface area contributed by atoms with Crippen LogP contribution >= 0.6 is 0 Å². The van der Waals surface area contributed by atoms with Crippen molar-refractivity contribution in [3.8, 4) is 17.2 Å². The minimum absolute atomic E-state index is 0.149. The average Bonchev–Trinajstić information content (AvgIpc) is 2.40. The van der Waals surface area contributed by atoms with Crippen molar-refractivity contribution in [1.29, 1.82) is 0 Å². The predicted molar refractivity (Wildman–Crippen MR) is 78.7 cm³/mol. The zero-order valence-electron chi connectivity index (χ0n) is 12.8. The highest BCUT2D eigenvalue weighted by atomic mass is 16.6. The molecule has 5 nitrogen and oxygen atoms in total. The molecular formula is C16H22O5. The van der Waals surface area contributed by atoms with Crippen molar-refractivity contribution in [2.75, 3.05) is 6.61 Å². The molecule has 0 unspecified atom stereocenters. The van der Waals surface area contributed by atoms with Gasteiger partial charge in [0.05, 0.1) is 6.61 Å². The first-order valence-electron chi connectivity index (χ1n) is 7.17. The van der Waals surface area contributed by atoms with Crippen LogP contribution in [-0.4, -0.2) is 18.5 Å². The van der Waals surface area contributed by atoms with Crippen LogP contribution in [0.2, 0.25) is 0 Å². The molecule has 0 spiro atoms. The van der Waals surface area contributed by atoms with Crippen LogP contribution in [0.1, 0.15) is 46.5 Å². The van der Waals surface area contributed by atoms with Gasteiger partial charge in [0.2, 0.25) is 5.75 Å². The van der Waals surface area contributed by atoms with Gasteiger partial charge in [0.25, 0.3) is 0 Å². The Morgan fingerprint density at radius 2 is 1.62 bits per heavy atom. The van der Waals surface area contributed by atoms with Crippen molar-refractivity contribution >= 4 is 11.9 Å². The highest BCUT2D eigenvalue weighted by Crippen LogP contribution is 2.37. The lowest BCUT2D eigenvalue weighted by Gasteiger charge is -2.14. The summed E-state index contributed by atoms with van der Waals surface area (Å²) in [6.45, 7) is 5.24. The molecule has 21 heavy (non-hydrogen) atoms. The topological polar surface area (TPSA) is 61.8 Å². The molecule has 116 valence electrons. The zero-order valence-corrected chi connectivity index (χ0v) is 12.8. The third-order valence-corrected chi connectivity index (χ3v) is 2.70. The van der Waals surface area contributed by atoms with E-state index < -0.39 is 11.9 Å². The van der Waals surface area contributed by atoms with Gasteiger partial charge in [0, 0.05) is 13.8 Å². The van der Waals surface area contributed by atoms with Gasteiger partial charge in [-0.3, -0.25) is 9.59 Å². The summed E-state index contributed by atoms with van der Waals surface area (Å²) in [5, 5.41) is 0. The Labute approximate surface area is 125 Å². The molecule has 0 N–H and O–H groups in total. The van der Waals surface area contributed by atoms with E-state index in [9.17, 15) is 9.59 Å². The third kappa shape index (κ3) is 6.29. The summed E-state index contributed by atoms with van der Waals surface area (Å²) in [6, 6.07) is 4.93. The Kier molecular flexibility index (Phi) is 7.29. The second-order valence-corrected chi connectivity index (χ2v) is 4.68. The van der Waals surface area contributed by atoms with Gasteiger partial charge in [-0.1, -0.05) is 32.3 Å². The van der Waals surface area contributed by atoms with E-state index >= 15 is 0 Å². The summed E-state index contributed by atoms with van der Waals surface area (Å²) in [5.74, 6) is -0.242. The number of carbonyl (C=O) groups excluding carboxylic acids is 2. The van der Waals surface area contributed by atoms with Crippen LogP contribution in [0.5, 0.6) is 17.2 Å². The summed E-state index contributed by atoms with van der Waals surface area (Å²) in [7, 11) is 0. The molecule has 1 rings (SSSR count). The molecular weight excluding hydrogens is 272 g/mol. The normalized spacial score (nSPS) is 10.0. The summed E-state index contributed by atoms with van der Waals surface area (Å²) in [5.41, 5.74) is 0. The Morgan fingerprint density at radius 1 is 0.952 bits per heavy atom. The average molecular weight is 294 g/mol. The van der Waals surface area contributed by atoms with Crippen LogP contribution < -0.4 is 14.2 Å². The number of rotatable bonds is 8. The zero-order chi connectivity index (χ0) is 15.7. The molecule has 0 saturated carbocycles. The molecule has 0 aliphatic heterocycles. The fraction of sp³-hybridized carbons (Fsp3) is 0.500. The first kappa shape index (κ1) is 17.0. The second kappa shape index (κ2) is 9.00. The fourth-order valence-corrected chi connectivity index (χ4v) is 1.80. The van der Waals surface area contributed by atoms with Gasteiger partial charge in [-0.2, -0.15) is 0 Å². The largest absolute Gasteiger partial charge is 0.490 e. The molecule has 0 bridgehead atoms. The van der Waals surface area contributed by atoms with Crippen LogP contribution in [-0.2, 0) is 9.59 Å². The number of unbranched alkanes of at least 4 members (excludes halogenated alkanes) is 3. The van der Waals surface area contributed by atoms with Crippen molar-refractivity contribution in [1.82, 2.24) is 0 Å². The molecule has 1 aromatic carbocycles. The van der Waals surface area contributed by atoms with E-state index in [4.69, 9.17) is 14.2 Å². The number of esters is 2. The number of carbonyl (C=O) groups is 2. The van der Waals surface area contributed by atoms with E-state index in [1.807, 2.05) is 0 Å². The third-order valence-electron chi connectivity index (χ3n) is 2.70. The number of ether oxygens (including phenoxy) is 3. The number of hydrogen-bond donors (Lipinski definition) is 0. The van der Waals surface area contributed by atoms with Crippen LogP contribution in [0.15, 0.2) is 18.2 Å². The first-order chi connectivity index (χ1) is 10.0. The maximum atomic E-state index is 11.2. The van der Waals surface area contributed by atoms with E-state index in [0.29, 0.717) is 12.4 Å². The van der Waals surface area contributed by atoms with Crippen LogP contribution in [0.3, 0.4) is 0 Å². The summed E-state index contributed by atoms with van der Waals surface area (Å²) >= 11 is 0. The first-order valence-corrected chi connectivity index (χ1v) is 7.17. The lowest BCUT2D eigenvalue weighted by Crippen LogP contribution is -2.09. The van der Waals surface area contributed by atoms with Crippen molar-refractivity contribution in [2.45, 2.75) is 46.5 Å². The summed E-state index contributed by atoms with van der Waals surface area (Å²) in [6.07, 6.45) is 4.32. The van der Waals surface area contributed by atoms with Gasteiger partial charge in [0.1, 0.15) is 0 Å². The van der Waals surface area contributed by atoms with Crippen molar-refractivity contribution in [3.63, 3.8) is 0 Å². The lowest BCUT2D eigenvalue weighted by atomic mass is 10.2. The monoisotopic (exact) mass is 294 g/mol. The van der Waals surface area contributed by atoms with Crippen LogP contribution in [0.4, 0.5) is 0 Å². The molecule has 5 heteroatoms. The van der Waals surface area contributed by atoms with Crippen molar-refractivity contribution in [3.05, 3.63) is 18.2 Å². The maximum absolute atomic E-state index is 11.2. The second-order valence-electron chi connectivity index (χ2n) is 4.68. The Morgan fingerprint density at radius 3 is 2.24 bits per heavy atom. The van der Waals surface area contributed by atoms with Gasteiger partial charge >= 0.3 is 11.9 Å². The quantitative estimate of drug-likeness (QED) is 0.417. The van der Waals surface area contributed by atoms with Gasteiger partial charge < -0.3 is 14.2 Å². The van der Waals surface area contributed by atoms with E-state index in [2.05, 4.69) is 6.92 Å². The van der Waals surface area contributed by atoms with Gasteiger partial charge in [-0.15, -0.1) is 0 Å². The summed E-state index contributed by atoms with van der Waals surface area (Å²) in [4.78, 5) is 22.3. The van der Waals surface area contributed by atoms with E-state index in [1.165, 1.54) is 13.8 Å².